The number of fused-ring (bicyclic) bond motifs is 3. The molecule has 4 aliphatic rings. The van der Waals surface area contributed by atoms with Crippen molar-refractivity contribution >= 4 is 28.5 Å². The molecule has 1 aromatic heterocycles. The van der Waals surface area contributed by atoms with Gasteiger partial charge in [-0.25, -0.2) is 9.59 Å². The van der Waals surface area contributed by atoms with Crippen LogP contribution in [-0.2, 0) is 22.3 Å². The van der Waals surface area contributed by atoms with E-state index in [1.165, 1.54) is 22.4 Å². The first kappa shape index (κ1) is 32.4. The molecule has 0 spiro atoms. The predicted octanol–water partition coefficient (Wildman–Crippen LogP) is 5.73. The Bertz CT molecular complexity index is 1830. The molecule has 4 heterocycles. The summed E-state index contributed by atoms with van der Waals surface area (Å²) in [6.45, 7) is 7.13. The number of ether oxygens (including phenoxy) is 2. The number of aliphatic hydroxyl groups is 1. The molecular formula is C38H46N4O6. The van der Waals surface area contributed by atoms with Crippen LogP contribution in [0.5, 0.6) is 0 Å². The van der Waals surface area contributed by atoms with E-state index in [1.54, 1.807) is 0 Å². The van der Waals surface area contributed by atoms with Crippen molar-refractivity contribution in [2.45, 2.75) is 77.7 Å². The number of alkyl carbamates (subject to hydrolysis) is 1. The number of carbonyl (C=O) groups is 1. The number of rotatable bonds is 8. The van der Waals surface area contributed by atoms with E-state index in [1.807, 2.05) is 12.1 Å². The van der Waals surface area contributed by atoms with E-state index in [4.69, 9.17) is 24.1 Å². The second-order valence-electron chi connectivity index (χ2n) is 13.5. The predicted molar refractivity (Wildman–Crippen MR) is 187 cm³/mol. The van der Waals surface area contributed by atoms with Crippen molar-refractivity contribution in [3.05, 3.63) is 74.3 Å². The summed E-state index contributed by atoms with van der Waals surface area (Å²) < 4.78 is 17.2. The Kier molecular flexibility index (Phi) is 9.55. The van der Waals surface area contributed by atoms with Gasteiger partial charge >= 0.3 is 11.7 Å². The van der Waals surface area contributed by atoms with Crippen LogP contribution in [0, 0.1) is 12.8 Å². The number of hydrogen-bond acceptors (Lipinski definition) is 9. The Morgan fingerprint density at radius 2 is 1.90 bits per heavy atom. The summed E-state index contributed by atoms with van der Waals surface area (Å²) in [5.74, 6) is 0.0690. The van der Waals surface area contributed by atoms with Gasteiger partial charge in [-0.05, 0) is 112 Å². The summed E-state index contributed by atoms with van der Waals surface area (Å²) in [6, 6.07) is 10.4. The number of aliphatic hydroxyl groups excluding tert-OH is 1. The van der Waals surface area contributed by atoms with Crippen LogP contribution in [0.1, 0.15) is 74.1 Å². The Balaban J connectivity index is 1.14. The smallest absolute Gasteiger partial charge is 0.407 e. The van der Waals surface area contributed by atoms with E-state index in [0.717, 1.165) is 104 Å². The number of carbonyl (C=O) groups excluding carboxylic acids is 1. The first-order valence-electron chi connectivity index (χ1n) is 17.6. The van der Waals surface area contributed by atoms with Crippen LogP contribution in [0.4, 0.5) is 10.5 Å². The largest absolute Gasteiger partial charge is 0.446 e. The highest BCUT2D eigenvalue weighted by atomic mass is 16.6. The van der Waals surface area contributed by atoms with Gasteiger partial charge in [0.15, 0.2) is 0 Å². The number of anilines is 1. The van der Waals surface area contributed by atoms with Crippen LogP contribution in [0.2, 0.25) is 0 Å². The number of aryl methyl sites for hydroxylation is 3. The molecule has 3 N–H and O–H groups in total. The third kappa shape index (κ3) is 6.35. The fourth-order valence-corrected chi connectivity index (χ4v) is 8.20. The van der Waals surface area contributed by atoms with Crippen LogP contribution in [-0.4, -0.2) is 62.5 Å². The zero-order valence-corrected chi connectivity index (χ0v) is 28.0. The molecule has 1 aliphatic carbocycles. The molecule has 3 aliphatic heterocycles. The van der Waals surface area contributed by atoms with E-state index in [-0.39, 0.29) is 30.9 Å². The van der Waals surface area contributed by atoms with Crippen molar-refractivity contribution in [1.29, 1.82) is 0 Å². The molecule has 1 fully saturated rings. The minimum Gasteiger partial charge on any atom is -0.446 e. The highest BCUT2D eigenvalue weighted by Crippen LogP contribution is 2.42. The monoisotopic (exact) mass is 654 g/mol. The van der Waals surface area contributed by atoms with Crippen molar-refractivity contribution < 1.29 is 23.8 Å². The lowest BCUT2D eigenvalue weighted by Gasteiger charge is -2.37. The van der Waals surface area contributed by atoms with E-state index in [0.29, 0.717) is 25.1 Å². The van der Waals surface area contributed by atoms with Gasteiger partial charge in [-0.15, -0.1) is 0 Å². The Morgan fingerprint density at radius 1 is 1.06 bits per heavy atom. The van der Waals surface area contributed by atoms with Crippen LogP contribution in [0.3, 0.4) is 0 Å². The molecule has 254 valence electrons. The summed E-state index contributed by atoms with van der Waals surface area (Å²) >= 11 is 0. The highest BCUT2D eigenvalue weighted by Gasteiger charge is 2.32. The molecule has 0 saturated heterocycles. The van der Waals surface area contributed by atoms with Gasteiger partial charge in [-0.3, -0.25) is 5.43 Å². The molecule has 3 aromatic rings. The first-order chi connectivity index (χ1) is 23.4. The first-order valence-corrected chi connectivity index (χ1v) is 17.6. The van der Waals surface area contributed by atoms with Crippen molar-refractivity contribution in [3.8, 4) is 11.1 Å². The molecule has 0 bridgehead atoms. The molecule has 10 nitrogen and oxygen atoms in total. The summed E-state index contributed by atoms with van der Waals surface area (Å²) in [5.41, 5.74) is 14.3. The standard InChI is InChI=1S/C38H46N4O6/c1-23-32-22-27-9-5-16-42-17-6-12-31(35(27)42)36(32)48-37(44)33(23)25-7-3-8-26(21-25)34-30-14-13-28(10-4-11-29(30)24(2)40-41-34)47-38(45)39-15-19-46-20-18-43/h3,7-8,21-22,28,30,40,43H,4-6,9-20H2,1-2H3,(H,39,45). The molecule has 2 atom stereocenters. The quantitative estimate of drug-likeness (QED) is 0.208. The van der Waals surface area contributed by atoms with Gasteiger partial charge in [0.1, 0.15) is 11.7 Å². The van der Waals surface area contributed by atoms with Gasteiger partial charge in [0.2, 0.25) is 0 Å². The Labute approximate surface area is 281 Å². The summed E-state index contributed by atoms with van der Waals surface area (Å²) in [7, 11) is 0. The number of hydrogen-bond donors (Lipinski definition) is 3. The average Bonchev–Trinajstić information content (AvgIpc) is 3.07. The zero-order chi connectivity index (χ0) is 33.2. The van der Waals surface area contributed by atoms with Crippen LogP contribution < -0.4 is 21.3 Å². The number of allylic oxidation sites excluding steroid dienone is 2. The van der Waals surface area contributed by atoms with Gasteiger partial charge in [0.25, 0.3) is 0 Å². The van der Waals surface area contributed by atoms with Crippen LogP contribution >= 0.6 is 0 Å². The van der Waals surface area contributed by atoms with Crippen LogP contribution in [0.15, 0.2) is 55.9 Å². The third-order valence-electron chi connectivity index (χ3n) is 10.4. The van der Waals surface area contributed by atoms with Crippen molar-refractivity contribution in [3.63, 3.8) is 0 Å². The molecule has 7 rings (SSSR count). The zero-order valence-electron chi connectivity index (χ0n) is 28.0. The summed E-state index contributed by atoms with van der Waals surface area (Å²) in [6.07, 6.45) is 7.66. The number of nitrogens with zero attached hydrogens (tertiary/aromatic N) is 2. The maximum Gasteiger partial charge on any atom is 0.407 e. The van der Waals surface area contributed by atoms with Crippen molar-refractivity contribution in [2.24, 2.45) is 11.0 Å². The number of nitrogens with one attached hydrogen (secondary N) is 2. The second-order valence-corrected chi connectivity index (χ2v) is 13.5. The topological polar surface area (TPSA) is 126 Å². The van der Waals surface area contributed by atoms with E-state index in [2.05, 4.69) is 47.7 Å². The lowest BCUT2D eigenvalue weighted by Crippen LogP contribution is -2.34. The number of amides is 1. The van der Waals surface area contributed by atoms with Gasteiger partial charge in [0.05, 0.1) is 31.1 Å². The summed E-state index contributed by atoms with van der Waals surface area (Å²) in [4.78, 5) is 28.7. The lowest BCUT2D eigenvalue weighted by molar-refractivity contribution is 0.0723. The molecule has 2 aromatic carbocycles. The van der Waals surface area contributed by atoms with Gasteiger partial charge < -0.3 is 29.2 Å². The fraction of sp³-hybridized carbons (Fsp3) is 0.500. The van der Waals surface area contributed by atoms with Crippen molar-refractivity contribution in [1.82, 2.24) is 10.7 Å². The summed E-state index contributed by atoms with van der Waals surface area (Å²) in [5, 5.41) is 17.5. The van der Waals surface area contributed by atoms with Gasteiger partial charge in [-0.1, -0.05) is 18.2 Å². The number of benzene rings is 2. The average molecular weight is 655 g/mol. The number of hydrazone groups is 1. The molecule has 1 amide bonds. The molecule has 10 heteroatoms. The maximum absolute atomic E-state index is 13.8. The van der Waals surface area contributed by atoms with Crippen molar-refractivity contribution in [2.75, 3.05) is 44.4 Å². The third-order valence-corrected chi connectivity index (χ3v) is 10.4. The Hall–Kier alpha value is -4.15. The van der Waals surface area contributed by atoms with E-state index >= 15 is 0 Å². The van der Waals surface area contributed by atoms with E-state index < -0.39 is 6.09 Å². The minimum atomic E-state index is -0.446. The SMILES string of the molecule is CC1=C2CCCC(OC(=O)NCCOCCO)CCC2C(c2cccc(-c3c(C)c4cc5c6c(c4oc3=O)CCCN6CCC5)c2)=NN1. The van der Waals surface area contributed by atoms with E-state index in [9.17, 15) is 9.59 Å². The molecule has 1 saturated carbocycles. The van der Waals surface area contributed by atoms with Gasteiger partial charge in [-0.2, -0.15) is 5.10 Å². The Morgan fingerprint density at radius 3 is 2.75 bits per heavy atom. The maximum atomic E-state index is 13.8. The highest BCUT2D eigenvalue weighted by molar-refractivity contribution is 6.05. The molecule has 2 unspecified atom stereocenters. The minimum absolute atomic E-state index is 0.0471. The molecule has 48 heavy (non-hydrogen) atoms. The van der Waals surface area contributed by atoms with Crippen LogP contribution in [0.25, 0.3) is 22.1 Å². The normalized spacial score (nSPS) is 20.6. The fourth-order valence-electron chi connectivity index (χ4n) is 8.20. The molecule has 0 radical (unpaired) electrons. The second kappa shape index (κ2) is 14.1. The lowest BCUT2D eigenvalue weighted by atomic mass is 9.79. The molecular weight excluding hydrogens is 608 g/mol. The van der Waals surface area contributed by atoms with Gasteiger partial charge in [0, 0.05) is 47.9 Å².